The largest absolute Gasteiger partial charge is 0.439 e. The van der Waals surface area contributed by atoms with E-state index in [0.29, 0.717) is 23.6 Å². The molecule has 184 valence electrons. The molecule has 1 saturated carbocycles. The highest BCUT2D eigenvalue weighted by Gasteiger charge is 2.59. The van der Waals surface area contributed by atoms with E-state index >= 15 is 0 Å². The lowest BCUT2D eigenvalue weighted by Gasteiger charge is -2.28. The zero-order valence-corrected chi connectivity index (χ0v) is 18.2. The van der Waals surface area contributed by atoms with Crippen LogP contribution in [0.4, 0.5) is 35.1 Å². The van der Waals surface area contributed by atoms with E-state index in [9.17, 15) is 35.1 Å². The third-order valence-corrected chi connectivity index (χ3v) is 5.98. The predicted molar refractivity (Wildman–Crippen MR) is 110 cm³/mol. The fourth-order valence-corrected chi connectivity index (χ4v) is 3.99. The normalized spacial score (nSPS) is 19.8. The third-order valence-electron chi connectivity index (χ3n) is 5.98. The molecule has 1 aliphatic rings. The van der Waals surface area contributed by atoms with Gasteiger partial charge >= 0.3 is 12.3 Å². The number of ether oxygens (including phenoxy) is 1. The van der Waals surface area contributed by atoms with Crippen LogP contribution in [0.5, 0.6) is 5.75 Å². The van der Waals surface area contributed by atoms with Gasteiger partial charge in [0, 0.05) is 11.1 Å². The summed E-state index contributed by atoms with van der Waals surface area (Å²) in [5.74, 6) is 1.09. The molecule has 1 atom stereocenters. The Bertz CT molecular complexity index is 1020. The van der Waals surface area contributed by atoms with Crippen LogP contribution in [-0.2, 0) is 0 Å². The van der Waals surface area contributed by atoms with Crippen LogP contribution in [0.1, 0.15) is 61.6 Å². The molecule has 0 aromatic heterocycles. The van der Waals surface area contributed by atoms with Gasteiger partial charge in [-0.2, -0.15) is 22.0 Å². The van der Waals surface area contributed by atoms with Crippen LogP contribution in [0, 0.1) is 29.4 Å². The van der Waals surface area contributed by atoms with E-state index in [4.69, 9.17) is 0 Å². The maximum atomic E-state index is 14.1. The second-order valence-electron chi connectivity index (χ2n) is 8.33. The molecule has 0 saturated heterocycles. The van der Waals surface area contributed by atoms with Crippen LogP contribution < -0.4 is 4.74 Å². The van der Waals surface area contributed by atoms with Gasteiger partial charge in [-0.3, -0.25) is 0 Å². The monoisotopic (exact) mass is 490 g/mol. The first-order valence-electron chi connectivity index (χ1n) is 10.8. The van der Waals surface area contributed by atoms with Gasteiger partial charge < -0.3 is 4.74 Å². The summed E-state index contributed by atoms with van der Waals surface area (Å²) in [6.45, 7) is 2.19. The Balaban J connectivity index is 1.71. The Morgan fingerprint density at radius 2 is 1.41 bits per heavy atom. The zero-order valence-electron chi connectivity index (χ0n) is 18.2. The third kappa shape index (κ3) is 6.22. The van der Waals surface area contributed by atoms with Crippen molar-refractivity contribution in [2.45, 2.75) is 63.4 Å². The minimum Gasteiger partial charge on any atom is -0.424 e. The molecule has 1 fully saturated rings. The Hall–Kier alpha value is -2.76. The summed E-state index contributed by atoms with van der Waals surface area (Å²) < 4.78 is 108. The highest BCUT2D eigenvalue weighted by Crippen LogP contribution is 2.39. The van der Waals surface area contributed by atoms with Crippen LogP contribution in [0.15, 0.2) is 36.4 Å². The molecular formula is C25H22F8O. The van der Waals surface area contributed by atoms with Gasteiger partial charge in [-0.25, -0.2) is 13.2 Å². The van der Waals surface area contributed by atoms with Gasteiger partial charge in [-0.1, -0.05) is 37.3 Å². The smallest absolute Gasteiger partial charge is 0.424 e. The maximum Gasteiger partial charge on any atom is 0.439 e. The molecule has 1 nitrogen and oxygen atoms in total. The summed E-state index contributed by atoms with van der Waals surface area (Å²) in [5, 5.41) is 0. The molecule has 0 radical (unpaired) electrons. The quantitative estimate of drug-likeness (QED) is 0.306. The highest BCUT2D eigenvalue weighted by atomic mass is 19.4. The first-order valence-corrected chi connectivity index (χ1v) is 10.8. The van der Waals surface area contributed by atoms with E-state index < -0.39 is 35.8 Å². The molecule has 0 bridgehead atoms. The van der Waals surface area contributed by atoms with Crippen molar-refractivity contribution in [1.29, 1.82) is 0 Å². The van der Waals surface area contributed by atoms with Gasteiger partial charge in [0.05, 0.1) is 0 Å². The molecule has 1 aliphatic carbocycles. The fraction of sp³-hybridized carbons (Fsp3) is 0.440. The summed E-state index contributed by atoms with van der Waals surface area (Å²) in [4.78, 5) is 0. The molecule has 0 N–H and O–H groups in total. The molecule has 2 aromatic rings. The first-order chi connectivity index (χ1) is 15.9. The lowest BCUT2D eigenvalue weighted by Crippen LogP contribution is -2.46. The van der Waals surface area contributed by atoms with Crippen LogP contribution in [0.2, 0.25) is 0 Å². The lowest BCUT2D eigenvalue weighted by molar-refractivity contribution is -0.306. The predicted octanol–water partition coefficient (Wildman–Crippen LogP) is 7.92. The van der Waals surface area contributed by atoms with E-state index in [-0.39, 0.29) is 5.56 Å². The summed E-state index contributed by atoms with van der Waals surface area (Å²) in [6, 6.07) is 8.44. The van der Waals surface area contributed by atoms with Crippen molar-refractivity contribution in [2.24, 2.45) is 5.92 Å². The summed E-state index contributed by atoms with van der Waals surface area (Å²) in [6.07, 6.45) is -10.5. The minimum absolute atomic E-state index is 0.264. The van der Waals surface area contributed by atoms with Crippen molar-refractivity contribution in [2.75, 3.05) is 0 Å². The SMILES string of the molecule is CCC1CCC(c2ccc(C#Cc3cc(F)c(OC(F)(F)C(F)C(F)(F)F)c(F)c3)cc2)CC1. The van der Waals surface area contributed by atoms with Gasteiger partial charge in [0.25, 0.3) is 6.17 Å². The van der Waals surface area contributed by atoms with Gasteiger partial charge in [0.1, 0.15) is 0 Å². The van der Waals surface area contributed by atoms with Crippen LogP contribution in [0.25, 0.3) is 0 Å². The summed E-state index contributed by atoms with van der Waals surface area (Å²) in [5.41, 5.74) is 1.47. The van der Waals surface area contributed by atoms with E-state index in [1.807, 2.05) is 12.1 Å². The van der Waals surface area contributed by atoms with Gasteiger partial charge in [0.15, 0.2) is 17.4 Å². The van der Waals surface area contributed by atoms with Crippen molar-refractivity contribution >= 4 is 0 Å². The molecule has 0 amide bonds. The number of hydrogen-bond donors (Lipinski definition) is 0. The van der Waals surface area contributed by atoms with Crippen molar-refractivity contribution in [3.05, 3.63) is 64.7 Å². The van der Waals surface area contributed by atoms with Crippen molar-refractivity contribution in [1.82, 2.24) is 0 Å². The number of rotatable bonds is 5. The second-order valence-corrected chi connectivity index (χ2v) is 8.33. The zero-order chi connectivity index (χ0) is 25.1. The van der Waals surface area contributed by atoms with Crippen LogP contribution in [-0.4, -0.2) is 18.5 Å². The first kappa shape index (κ1) is 25.9. The number of halogens is 8. The topological polar surface area (TPSA) is 9.23 Å². The second kappa shape index (κ2) is 10.2. The van der Waals surface area contributed by atoms with Gasteiger partial charge in [0.2, 0.25) is 0 Å². The molecule has 3 rings (SSSR count). The average molecular weight is 490 g/mol. The summed E-state index contributed by atoms with van der Waals surface area (Å²) >= 11 is 0. The van der Waals surface area contributed by atoms with E-state index in [1.54, 1.807) is 12.1 Å². The standard InChI is InChI=1S/C25H22F8O/c1-2-15-5-9-18(10-6-15)19-11-7-16(8-12-19)3-4-17-13-20(26)22(21(27)14-17)34-25(32,33)23(28)24(29,30)31/h7-8,11-15,18,23H,2,5-6,9-10H2,1H3. The Kier molecular flexibility index (Phi) is 7.79. The van der Waals surface area contributed by atoms with E-state index in [2.05, 4.69) is 23.5 Å². The fourth-order valence-electron chi connectivity index (χ4n) is 3.99. The molecule has 9 heteroatoms. The Morgan fingerprint density at radius 1 is 0.882 bits per heavy atom. The Labute approximate surface area is 192 Å². The van der Waals surface area contributed by atoms with Gasteiger partial charge in [-0.15, -0.1) is 0 Å². The average Bonchev–Trinajstić information content (AvgIpc) is 2.79. The number of alkyl halides is 6. The van der Waals surface area contributed by atoms with Crippen molar-refractivity contribution in [3.8, 4) is 17.6 Å². The molecular weight excluding hydrogens is 468 g/mol. The lowest BCUT2D eigenvalue weighted by atomic mass is 9.78. The highest BCUT2D eigenvalue weighted by molar-refractivity contribution is 5.46. The van der Waals surface area contributed by atoms with Crippen LogP contribution >= 0.6 is 0 Å². The van der Waals surface area contributed by atoms with Crippen LogP contribution in [0.3, 0.4) is 0 Å². The minimum atomic E-state index is -5.98. The molecule has 0 heterocycles. The van der Waals surface area contributed by atoms with Crippen molar-refractivity contribution in [3.63, 3.8) is 0 Å². The molecule has 2 aromatic carbocycles. The van der Waals surface area contributed by atoms with E-state index in [1.165, 1.54) is 24.8 Å². The van der Waals surface area contributed by atoms with E-state index in [0.717, 1.165) is 18.8 Å². The summed E-state index contributed by atoms with van der Waals surface area (Å²) in [7, 11) is 0. The Morgan fingerprint density at radius 3 is 1.91 bits per heavy atom. The molecule has 1 unspecified atom stereocenters. The molecule has 0 spiro atoms. The maximum absolute atomic E-state index is 14.1. The number of hydrogen-bond acceptors (Lipinski definition) is 1. The molecule has 0 aliphatic heterocycles. The molecule has 34 heavy (non-hydrogen) atoms. The van der Waals surface area contributed by atoms with Crippen molar-refractivity contribution < 1.29 is 39.9 Å². The number of benzene rings is 2. The van der Waals surface area contributed by atoms with Gasteiger partial charge in [-0.05, 0) is 67.3 Å².